The molecular formula is C9H19N2O4P. The van der Waals surface area contributed by atoms with E-state index in [9.17, 15) is 4.57 Å². The van der Waals surface area contributed by atoms with Gasteiger partial charge in [-0.25, -0.2) is 9.55 Å². The maximum atomic E-state index is 10.1. The molecule has 1 N–H and O–H groups in total. The van der Waals surface area contributed by atoms with Crippen LogP contribution in [0.5, 0.6) is 0 Å². The molecule has 0 atom stereocenters. The summed E-state index contributed by atoms with van der Waals surface area (Å²) in [5.41, 5.74) is 1.29. The SMILES string of the molecule is CC(C)c1cncn1C.COP(=O)(O)OC. The summed E-state index contributed by atoms with van der Waals surface area (Å²) in [6.45, 7) is 4.33. The summed E-state index contributed by atoms with van der Waals surface area (Å²) >= 11 is 0. The molecule has 0 aromatic carbocycles. The van der Waals surface area contributed by atoms with Crippen LogP contribution in [0.3, 0.4) is 0 Å². The maximum Gasteiger partial charge on any atom is 0.471 e. The van der Waals surface area contributed by atoms with E-state index in [-0.39, 0.29) is 0 Å². The van der Waals surface area contributed by atoms with Gasteiger partial charge in [-0.2, -0.15) is 0 Å². The first-order valence-corrected chi connectivity index (χ1v) is 6.24. The van der Waals surface area contributed by atoms with Gasteiger partial charge in [0.1, 0.15) is 0 Å². The average molecular weight is 250 g/mol. The van der Waals surface area contributed by atoms with Crippen LogP contribution in [0.25, 0.3) is 0 Å². The standard InChI is InChI=1S/C7H12N2.C2H7O4P/c1-6(2)7-4-8-5-9(7)3;1-5-7(3,4)6-2/h4-6H,1-3H3;1-2H3,(H,3,4). The molecular weight excluding hydrogens is 231 g/mol. The van der Waals surface area contributed by atoms with Crippen molar-refractivity contribution >= 4 is 7.82 Å². The van der Waals surface area contributed by atoms with Crippen molar-refractivity contribution < 1.29 is 18.5 Å². The fourth-order valence-electron chi connectivity index (χ4n) is 0.998. The lowest BCUT2D eigenvalue weighted by atomic mass is 10.1. The van der Waals surface area contributed by atoms with Crippen molar-refractivity contribution in [2.75, 3.05) is 14.2 Å². The van der Waals surface area contributed by atoms with E-state index in [4.69, 9.17) is 4.89 Å². The molecule has 1 aromatic rings. The zero-order chi connectivity index (χ0) is 12.8. The van der Waals surface area contributed by atoms with Crippen molar-refractivity contribution in [2.45, 2.75) is 19.8 Å². The number of phosphoric acid groups is 1. The molecule has 6 nitrogen and oxygen atoms in total. The van der Waals surface area contributed by atoms with E-state index in [0.29, 0.717) is 5.92 Å². The minimum Gasteiger partial charge on any atom is -0.337 e. The molecule has 0 fully saturated rings. The van der Waals surface area contributed by atoms with Gasteiger partial charge in [0, 0.05) is 33.2 Å². The highest BCUT2D eigenvalue weighted by Crippen LogP contribution is 2.40. The quantitative estimate of drug-likeness (QED) is 0.829. The zero-order valence-corrected chi connectivity index (χ0v) is 11.1. The second-order valence-electron chi connectivity index (χ2n) is 3.42. The van der Waals surface area contributed by atoms with Crippen LogP contribution in [0.4, 0.5) is 0 Å². The summed E-state index contributed by atoms with van der Waals surface area (Å²) in [6, 6.07) is 0. The average Bonchev–Trinajstić information content (AvgIpc) is 2.65. The third-order valence-corrected chi connectivity index (χ3v) is 2.83. The summed E-state index contributed by atoms with van der Waals surface area (Å²) in [7, 11) is 0.565. The number of imidazole rings is 1. The molecule has 94 valence electrons. The minimum atomic E-state index is -3.65. The Balaban J connectivity index is 0.000000293. The Morgan fingerprint density at radius 2 is 1.94 bits per heavy atom. The third-order valence-electron chi connectivity index (χ3n) is 1.91. The molecule has 0 aliphatic heterocycles. The Hall–Kier alpha value is -0.680. The van der Waals surface area contributed by atoms with E-state index >= 15 is 0 Å². The second-order valence-corrected chi connectivity index (χ2v) is 5.09. The molecule has 0 unspecified atom stereocenters. The number of hydrogen-bond donors (Lipinski definition) is 1. The van der Waals surface area contributed by atoms with Crippen molar-refractivity contribution in [1.82, 2.24) is 9.55 Å². The number of aryl methyl sites for hydroxylation is 1. The van der Waals surface area contributed by atoms with Crippen LogP contribution >= 0.6 is 7.82 Å². The monoisotopic (exact) mass is 250 g/mol. The largest absolute Gasteiger partial charge is 0.471 e. The molecule has 0 spiro atoms. The number of nitrogens with zero attached hydrogens (tertiary/aromatic N) is 2. The first-order valence-electron chi connectivity index (χ1n) is 4.74. The Labute approximate surface area is 95.8 Å². The number of hydrogen-bond acceptors (Lipinski definition) is 4. The summed E-state index contributed by atoms with van der Waals surface area (Å²) in [5, 5.41) is 0. The molecule has 0 bridgehead atoms. The molecule has 0 amide bonds. The molecule has 1 rings (SSSR count). The predicted octanol–water partition coefficient (Wildman–Crippen LogP) is 1.92. The lowest BCUT2D eigenvalue weighted by Crippen LogP contribution is -1.95. The highest BCUT2D eigenvalue weighted by atomic mass is 31.2. The normalized spacial score (nSPS) is 11.2. The molecule has 0 saturated carbocycles. The first kappa shape index (κ1) is 15.3. The van der Waals surface area contributed by atoms with E-state index in [1.807, 2.05) is 24.1 Å². The van der Waals surface area contributed by atoms with Gasteiger partial charge in [-0.1, -0.05) is 13.8 Å². The summed E-state index contributed by atoms with van der Waals surface area (Å²) in [4.78, 5) is 12.2. The molecule has 0 radical (unpaired) electrons. The molecule has 0 aliphatic rings. The Kier molecular flexibility index (Phi) is 6.52. The smallest absolute Gasteiger partial charge is 0.337 e. The van der Waals surface area contributed by atoms with Crippen LogP contribution in [0, 0.1) is 0 Å². The van der Waals surface area contributed by atoms with Gasteiger partial charge in [0.15, 0.2) is 0 Å². The van der Waals surface area contributed by atoms with E-state index < -0.39 is 7.82 Å². The highest BCUT2D eigenvalue weighted by molar-refractivity contribution is 7.47. The van der Waals surface area contributed by atoms with E-state index in [2.05, 4.69) is 27.9 Å². The van der Waals surface area contributed by atoms with Crippen LogP contribution in [0.2, 0.25) is 0 Å². The molecule has 16 heavy (non-hydrogen) atoms. The van der Waals surface area contributed by atoms with Crippen molar-refractivity contribution in [3.63, 3.8) is 0 Å². The zero-order valence-electron chi connectivity index (χ0n) is 10.2. The molecule has 7 heteroatoms. The summed E-state index contributed by atoms with van der Waals surface area (Å²) < 4.78 is 20.1. The fraction of sp³-hybridized carbons (Fsp3) is 0.667. The van der Waals surface area contributed by atoms with E-state index in [1.54, 1.807) is 0 Å². The third kappa shape index (κ3) is 5.42. The van der Waals surface area contributed by atoms with Gasteiger partial charge in [-0.05, 0) is 5.92 Å². The van der Waals surface area contributed by atoms with Gasteiger partial charge >= 0.3 is 7.82 Å². The van der Waals surface area contributed by atoms with Crippen LogP contribution in [0.1, 0.15) is 25.5 Å². The molecule has 0 aliphatic carbocycles. The van der Waals surface area contributed by atoms with Gasteiger partial charge in [0.25, 0.3) is 0 Å². The van der Waals surface area contributed by atoms with Gasteiger partial charge < -0.3 is 9.46 Å². The van der Waals surface area contributed by atoms with Gasteiger partial charge in [0.2, 0.25) is 0 Å². The maximum absolute atomic E-state index is 10.1. The molecule has 0 saturated heterocycles. The number of aromatic nitrogens is 2. The Morgan fingerprint density at radius 3 is 2.06 bits per heavy atom. The van der Waals surface area contributed by atoms with E-state index in [0.717, 1.165) is 14.2 Å². The summed E-state index contributed by atoms with van der Waals surface area (Å²) in [6.07, 6.45) is 3.74. The minimum absolute atomic E-state index is 0.581. The van der Waals surface area contributed by atoms with Gasteiger partial charge in [0.05, 0.1) is 6.33 Å². The number of rotatable bonds is 3. The van der Waals surface area contributed by atoms with Crippen LogP contribution in [-0.2, 0) is 20.7 Å². The van der Waals surface area contributed by atoms with E-state index in [1.165, 1.54) is 5.69 Å². The van der Waals surface area contributed by atoms with Crippen LogP contribution in [-0.4, -0.2) is 28.7 Å². The topological polar surface area (TPSA) is 73.6 Å². The molecule has 1 heterocycles. The Morgan fingerprint density at radius 1 is 1.44 bits per heavy atom. The molecule has 1 aromatic heterocycles. The predicted molar refractivity (Wildman–Crippen MR) is 61.1 cm³/mol. The van der Waals surface area contributed by atoms with Crippen LogP contribution in [0.15, 0.2) is 12.5 Å². The number of phosphoric ester groups is 1. The van der Waals surface area contributed by atoms with Crippen molar-refractivity contribution in [3.05, 3.63) is 18.2 Å². The van der Waals surface area contributed by atoms with Gasteiger partial charge in [-0.3, -0.25) is 9.05 Å². The Bertz CT molecular complexity index is 343. The van der Waals surface area contributed by atoms with Crippen LogP contribution < -0.4 is 0 Å². The highest BCUT2D eigenvalue weighted by Gasteiger charge is 2.13. The van der Waals surface area contributed by atoms with Crippen molar-refractivity contribution in [2.24, 2.45) is 7.05 Å². The second kappa shape index (κ2) is 6.81. The van der Waals surface area contributed by atoms with Crippen molar-refractivity contribution in [1.29, 1.82) is 0 Å². The first-order chi connectivity index (χ1) is 7.34. The summed E-state index contributed by atoms with van der Waals surface area (Å²) in [5.74, 6) is 0.581. The lowest BCUT2D eigenvalue weighted by molar-refractivity contribution is 0.204. The fourth-order valence-corrected chi connectivity index (χ4v) is 1.15. The van der Waals surface area contributed by atoms with Gasteiger partial charge in [-0.15, -0.1) is 0 Å². The van der Waals surface area contributed by atoms with Crippen molar-refractivity contribution in [3.8, 4) is 0 Å². The lowest BCUT2D eigenvalue weighted by Gasteiger charge is -2.03.